The number of nitrogens with zero attached hydrogens (tertiary/aromatic N) is 2. The van der Waals surface area contributed by atoms with E-state index in [9.17, 15) is 18.0 Å². The zero-order valence-electron chi connectivity index (χ0n) is 14.7. The topological polar surface area (TPSA) is 74.8 Å². The van der Waals surface area contributed by atoms with Crippen molar-refractivity contribution in [2.45, 2.75) is 19.3 Å². The Balaban J connectivity index is 1.81. The molecule has 0 atom stereocenters. The Kier molecular flexibility index (Phi) is 7.37. The molecular weight excluding hydrogens is 376 g/mol. The molecule has 0 radical (unpaired) electrons. The largest absolute Gasteiger partial charge is 0.341 e. The summed E-state index contributed by atoms with van der Waals surface area (Å²) >= 11 is 5.89. The highest BCUT2D eigenvalue weighted by atomic mass is 35.5. The van der Waals surface area contributed by atoms with Gasteiger partial charge in [0.1, 0.15) is 0 Å². The summed E-state index contributed by atoms with van der Waals surface area (Å²) in [5, 5.41) is 0.596. The van der Waals surface area contributed by atoms with Gasteiger partial charge in [0.2, 0.25) is 15.9 Å². The monoisotopic (exact) mass is 398 g/mol. The first kappa shape index (κ1) is 20.6. The van der Waals surface area contributed by atoms with Crippen LogP contribution in [0.1, 0.15) is 24.8 Å². The number of benzene rings is 1. The lowest BCUT2D eigenvalue weighted by Crippen LogP contribution is -2.37. The molecule has 0 N–H and O–H groups in total. The van der Waals surface area contributed by atoms with Gasteiger partial charge in [-0.1, -0.05) is 29.8 Å². The summed E-state index contributed by atoms with van der Waals surface area (Å²) in [7, 11) is -3.24. The maximum atomic E-state index is 12.3. The third-order valence-corrected chi connectivity index (χ3v) is 5.71. The molecule has 0 bridgehead atoms. The molecular formula is C18H23ClN2O4S. The molecule has 2 rings (SSSR count). The fourth-order valence-corrected chi connectivity index (χ4v) is 3.82. The summed E-state index contributed by atoms with van der Waals surface area (Å²) in [6, 6.07) is 7.15. The van der Waals surface area contributed by atoms with E-state index in [1.54, 1.807) is 29.2 Å². The van der Waals surface area contributed by atoms with Crippen LogP contribution in [0.25, 0.3) is 6.08 Å². The summed E-state index contributed by atoms with van der Waals surface area (Å²) in [6.45, 7) is 1.59. The SMILES string of the molecule is CS(=O)(=O)N1CCCN(C(=O)CCC(=O)/C=C/c2cccc(Cl)c2)CC1. The number of sulfonamides is 1. The quantitative estimate of drug-likeness (QED) is 0.688. The fourth-order valence-electron chi connectivity index (χ4n) is 2.75. The molecule has 1 saturated heterocycles. The molecule has 6 nitrogen and oxygen atoms in total. The molecule has 0 unspecified atom stereocenters. The number of hydrogen-bond donors (Lipinski definition) is 0. The van der Waals surface area contributed by atoms with Gasteiger partial charge < -0.3 is 4.90 Å². The van der Waals surface area contributed by atoms with Gasteiger partial charge in [-0.25, -0.2) is 12.7 Å². The average molecular weight is 399 g/mol. The van der Waals surface area contributed by atoms with Crippen LogP contribution in [0.4, 0.5) is 0 Å². The number of carbonyl (C=O) groups is 2. The van der Waals surface area contributed by atoms with Crippen molar-refractivity contribution in [2.24, 2.45) is 0 Å². The van der Waals surface area contributed by atoms with Crippen molar-refractivity contribution in [3.05, 3.63) is 40.9 Å². The average Bonchev–Trinajstić information content (AvgIpc) is 2.84. The Bertz CT molecular complexity index is 792. The van der Waals surface area contributed by atoms with Gasteiger partial charge in [-0.2, -0.15) is 0 Å². The minimum atomic E-state index is -3.24. The lowest BCUT2D eigenvalue weighted by atomic mass is 10.1. The van der Waals surface area contributed by atoms with Crippen molar-refractivity contribution >= 4 is 39.4 Å². The number of amides is 1. The van der Waals surface area contributed by atoms with Crippen LogP contribution in [0, 0.1) is 0 Å². The van der Waals surface area contributed by atoms with Gasteiger partial charge in [-0.15, -0.1) is 0 Å². The molecule has 0 aromatic heterocycles. The normalized spacial score (nSPS) is 16.6. The second-order valence-electron chi connectivity index (χ2n) is 6.25. The third-order valence-electron chi connectivity index (χ3n) is 4.17. The highest BCUT2D eigenvalue weighted by Crippen LogP contribution is 2.13. The third kappa shape index (κ3) is 6.55. The maximum absolute atomic E-state index is 12.3. The van der Waals surface area contributed by atoms with Crippen LogP contribution in [0.3, 0.4) is 0 Å². The minimum absolute atomic E-state index is 0.121. The van der Waals surface area contributed by atoms with Crippen molar-refractivity contribution < 1.29 is 18.0 Å². The Labute approximate surface area is 159 Å². The highest BCUT2D eigenvalue weighted by Gasteiger charge is 2.23. The molecule has 1 aromatic carbocycles. The number of allylic oxidation sites excluding steroid dienone is 1. The van der Waals surface area contributed by atoms with E-state index in [1.165, 1.54) is 16.6 Å². The van der Waals surface area contributed by atoms with Crippen molar-refractivity contribution in [1.29, 1.82) is 0 Å². The highest BCUT2D eigenvalue weighted by molar-refractivity contribution is 7.88. The van der Waals surface area contributed by atoms with Crippen LogP contribution in [0.15, 0.2) is 30.3 Å². The molecule has 1 heterocycles. The minimum Gasteiger partial charge on any atom is -0.341 e. The number of carbonyl (C=O) groups excluding carboxylic acids is 2. The Morgan fingerprint density at radius 3 is 2.62 bits per heavy atom. The Morgan fingerprint density at radius 2 is 1.92 bits per heavy atom. The van der Waals surface area contributed by atoms with Gasteiger partial charge in [0.25, 0.3) is 0 Å². The summed E-state index contributed by atoms with van der Waals surface area (Å²) < 4.78 is 24.6. The van der Waals surface area contributed by atoms with Gasteiger partial charge in [-0.3, -0.25) is 9.59 Å². The van der Waals surface area contributed by atoms with Crippen LogP contribution in [-0.2, 0) is 19.6 Å². The predicted octanol–water partition coefficient (Wildman–Crippen LogP) is 2.20. The van der Waals surface area contributed by atoms with E-state index in [4.69, 9.17) is 11.6 Å². The molecule has 26 heavy (non-hydrogen) atoms. The smallest absolute Gasteiger partial charge is 0.223 e. The zero-order valence-corrected chi connectivity index (χ0v) is 16.3. The number of halogens is 1. The van der Waals surface area contributed by atoms with E-state index in [0.717, 1.165) is 5.56 Å². The van der Waals surface area contributed by atoms with Crippen molar-refractivity contribution in [3.8, 4) is 0 Å². The number of hydrogen-bond acceptors (Lipinski definition) is 4. The van der Waals surface area contributed by atoms with Crippen molar-refractivity contribution in [2.75, 3.05) is 32.4 Å². The van der Waals surface area contributed by atoms with E-state index >= 15 is 0 Å². The molecule has 1 aliphatic rings. The van der Waals surface area contributed by atoms with E-state index in [0.29, 0.717) is 37.6 Å². The lowest BCUT2D eigenvalue weighted by molar-refractivity contribution is -0.132. The van der Waals surface area contributed by atoms with Gasteiger partial charge in [0, 0.05) is 44.0 Å². The van der Waals surface area contributed by atoms with E-state index < -0.39 is 10.0 Å². The summed E-state index contributed by atoms with van der Waals surface area (Å²) in [6.07, 6.45) is 5.15. The van der Waals surface area contributed by atoms with Gasteiger partial charge in [-0.05, 0) is 30.2 Å². The summed E-state index contributed by atoms with van der Waals surface area (Å²) in [4.78, 5) is 25.9. The molecule has 1 aromatic rings. The van der Waals surface area contributed by atoms with Crippen LogP contribution in [0.2, 0.25) is 5.02 Å². The Morgan fingerprint density at radius 1 is 1.15 bits per heavy atom. The first-order valence-electron chi connectivity index (χ1n) is 8.45. The molecule has 1 fully saturated rings. The molecule has 0 spiro atoms. The van der Waals surface area contributed by atoms with Crippen LogP contribution in [-0.4, -0.2) is 61.7 Å². The number of rotatable bonds is 6. The van der Waals surface area contributed by atoms with Crippen LogP contribution < -0.4 is 0 Å². The first-order chi connectivity index (χ1) is 12.3. The molecule has 0 saturated carbocycles. The van der Waals surface area contributed by atoms with E-state index in [2.05, 4.69) is 0 Å². The Hall–Kier alpha value is -1.70. The van der Waals surface area contributed by atoms with E-state index in [1.807, 2.05) is 6.07 Å². The zero-order chi connectivity index (χ0) is 19.2. The van der Waals surface area contributed by atoms with E-state index in [-0.39, 0.29) is 24.5 Å². The lowest BCUT2D eigenvalue weighted by Gasteiger charge is -2.20. The van der Waals surface area contributed by atoms with Gasteiger partial charge in [0.05, 0.1) is 6.26 Å². The van der Waals surface area contributed by atoms with Crippen molar-refractivity contribution in [1.82, 2.24) is 9.21 Å². The predicted molar refractivity (Wildman–Crippen MR) is 102 cm³/mol. The number of ketones is 1. The van der Waals surface area contributed by atoms with Crippen molar-refractivity contribution in [3.63, 3.8) is 0 Å². The summed E-state index contributed by atoms with van der Waals surface area (Å²) in [5.41, 5.74) is 0.825. The molecule has 142 valence electrons. The van der Waals surface area contributed by atoms with Gasteiger partial charge in [0.15, 0.2) is 5.78 Å². The van der Waals surface area contributed by atoms with Gasteiger partial charge >= 0.3 is 0 Å². The molecule has 1 aliphatic heterocycles. The molecule has 0 aliphatic carbocycles. The fraction of sp³-hybridized carbons (Fsp3) is 0.444. The standard InChI is InChI=1S/C18H23ClN2O4S/c1-26(24,25)21-11-3-10-20(12-13-21)18(23)9-8-17(22)7-6-15-4-2-5-16(19)14-15/h2,4-7,14H,3,8-13H2,1H3/b7-6+. The van der Waals surface area contributed by atoms with Crippen LogP contribution in [0.5, 0.6) is 0 Å². The van der Waals surface area contributed by atoms with Crippen LogP contribution >= 0.6 is 11.6 Å². The maximum Gasteiger partial charge on any atom is 0.223 e. The molecule has 1 amide bonds. The summed E-state index contributed by atoms with van der Waals surface area (Å²) in [5.74, 6) is -0.254. The first-order valence-corrected chi connectivity index (χ1v) is 10.7. The second kappa shape index (κ2) is 9.30. The second-order valence-corrected chi connectivity index (χ2v) is 8.67. The molecule has 8 heteroatoms.